The fourth-order valence-corrected chi connectivity index (χ4v) is 3.80. The Morgan fingerprint density at radius 2 is 2.07 bits per heavy atom. The van der Waals surface area contributed by atoms with Crippen molar-refractivity contribution in [2.75, 3.05) is 33.4 Å². The van der Waals surface area contributed by atoms with Crippen molar-refractivity contribution in [2.45, 2.75) is 32.7 Å². The molecular weight excluding hydrogens is 352 g/mol. The Kier molecular flexibility index (Phi) is 7.03. The zero-order valence-electron chi connectivity index (χ0n) is 17.4. The predicted molar refractivity (Wildman–Crippen MR) is 111 cm³/mol. The van der Waals surface area contributed by atoms with Crippen molar-refractivity contribution in [3.05, 3.63) is 47.5 Å². The Morgan fingerprint density at radius 3 is 2.71 bits per heavy atom. The number of hydrogen-bond donors (Lipinski definition) is 1. The summed E-state index contributed by atoms with van der Waals surface area (Å²) in [7, 11) is 3.69. The van der Waals surface area contributed by atoms with E-state index in [2.05, 4.69) is 57.7 Å². The topological polar surface area (TPSA) is 67.6 Å². The highest BCUT2D eigenvalue weighted by atomic mass is 16.5. The van der Waals surface area contributed by atoms with Crippen molar-refractivity contribution in [3.63, 3.8) is 0 Å². The molecule has 2 atom stereocenters. The van der Waals surface area contributed by atoms with Crippen LogP contribution in [0.5, 0.6) is 0 Å². The molecule has 2 aromatic rings. The summed E-state index contributed by atoms with van der Waals surface area (Å²) in [5, 5.41) is 11.8. The van der Waals surface area contributed by atoms with Gasteiger partial charge in [-0.3, -0.25) is 0 Å². The van der Waals surface area contributed by atoms with Crippen LogP contribution in [0.2, 0.25) is 0 Å². The number of benzene rings is 1. The lowest BCUT2D eigenvalue weighted by Gasteiger charge is -2.39. The number of aryl methyl sites for hydroxylation is 1. The Morgan fingerprint density at radius 1 is 1.29 bits per heavy atom. The molecule has 28 heavy (non-hydrogen) atoms. The number of hydrogen-bond acceptors (Lipinski definition) is 4. The average Bonchev–Trinajstić information content (AvgIpc) is 3.03. The van der Waals surface area contributed by atoms with Gasteiger partial charge in [0.25, 0.3) is 0 Å². The van der Waals surface area contributed by atoms with Crippen LogP contribution in [0.4, 0.5) is 0 Å². The SMILES string of the molecule is COCCNC(=NCc1nnc(C)n1C)N1CCC(c2ccccc2)C(C)C1. The van der Waals surface area contributed by atoms with Gasteiger partial charge in [0.15, 0.2) is 11.8 Å². The average molecular weight is 385 g/mol. The lowest BCUT2D eigenvalue weighted by Crippen LogP contribution is -2.48. The van der Waals surface area contributed by atoms with E-state index in [1.54, 1.807) is 7.11 Å². The molecule has 1 aliphatic rings. The van der Waals surface area contributed by atoms with Gasteiger partial charge >= 0.3 is 0 Å². The van der Waals surface area contributed by atoms with E-state index < -0.39 is 0 Å². The number of likely N-dealkylation sites (tertiary alicyclic amines) is 1. The van der Waals surface area contributed by atoms with Gasteiger partial charge in [0.2, 0.25) is 0 Å². The lowest BCUT2D eigenvalue weighted by atomic mass is 9.82. The number of nitrogens with one attached hydrogen (secondary N) is 1. The molecule has 0 amide bonds. The van der Waals surface area contributed by atoms with Gasteiger partial charge in [-0.15, -0.1) is 10.2 Å². The van der Waals surface area contributed by atoms with Gasteiger partial charge in [-0.05, 0) is 30.7 Å². The molecule has 0 saturated carbocycles. The molecule has 152 valence electrons. The number of guanidine groups is 1. The van der Waals surface area contributed by atoms with E-state index in [1.165, 1.54) is 5.56 Å². The number of methoxy groups -OCH3 is 1. The fraction of sp³-hybridized carbons (Fsp3) is 0.571. The minimum absolute atomic E-state index is 0.514. The van der Waals surface area contributed by atoms with Crippen LogP contribution < -0.4 is 5.32 Å². The Balaban J connectivity index is 1.69. The van der Waals surface area contributed by atoms with Crippen LogP contribution in [0.3, 0.4) is 0 Å². The van der Waals surface area contributed by atoms with E-state index in [9.17, 15) is 0 Å². The van der Waals surface area contributed by atoms with E-state index in [0.717, 1.165) is 43.7 Å². The normalized spacial score (nSPS) is 20.4. The molecule has 0 spiro atoms. The van der Waals surface area contributed by atoms with Gasteiger partial charge in [0.05, 0.1) is 6.61 Å². The third-order valence-corrected chi connectivity index (χ3v) is 5.57. The first-order valence-electron chi connectivity index (χ1n) is 10.0. The van der Waals surface area contributed by atoms with Crippen LogP contribution in [0.1, 0.15) is 36.5 Å². The molecule has 1 saturated heterocycles. The van der Waals surface area contributed by atoms with Crippen molar-refractivity contribution in [2.24, 2.45) is 18.0 Å². The number of ether oxygens (including phenoxy) is 1. The van der Waals surface area contributed by atoms with Crippen molar-refractivity contribution >= 4 is 5.96 Å². The van der Waals surface area contributed by atoms with Crippen LogP contribution in [-0.2, 0) is 18.3 Å². The van der Waals surface area contributed by atoms with Gasteiger partial charge in [-0.25, -0.2) is 4.99 Å². The summed E-state index contributed by atoms with van der Waals surface area (Å²) in [5.74, 6) is 3.85. The minimum atomic E-state index is 0.514. The van der Waals surface area contributed by atoms with E-state index in [4.69, 9.17) is 9.73 Å². The predicted octanol–water partition coefficient (Wildman–Crippen LogP) is 2.34. The number of aliphatic imine (C=N–C) groups is 1. The van der Waals surface area contributed by atoms with Crippen LogP contribution >= 0.6 is 0 Å². The second kappa shape index (κ2) is 9.68. The molecule has 0 bridgehead atoms. The standard InChI is InChI=1S/C21H32N6O/c1-16-15-27(12-10-19(16)18-8-6-5-7-9-18)21(22-11-13-28-4)23-14-20-25-24-17(2)26(20)3/h5-9,16,19H,10-15H2,1-4H3,(H,22,23). The quantitative estimate of drug-likeness (QED) is 0.470. The van der Waals surface area contributed by atoms with Gasteiger partial charge in [-0.1, -0.05) is 37.3 Å². The van der Waals surface area contributed by atoms with Crippen molar-refractivity contribution in [3.8, 4) is 0 Å². The molecule has 1 aliphatic heterocycles. The van der Waals surface area contributed by atoms with E-state index >= 15 is 0 Å². The van der Waals surface area contributed by atoms with Crippen LogP contribution in [0.25, 0.3) is 0 Å². The highest BCUT2D eigenvalue weighted by Gasteiger charge is 2.28. The van der Waals surface area contributed by atoms with Gasteiger partial charge < -0.3 is 19.5 Å². The zero-order chi connectivity index (χ0) is 19.9. The van der Waals surface area contributed by atoms with E-state index in [-0.39, 0.29) is 0 Å². The summed E-state index contributed by atoms with van der Waals surface area (Å²) >= 11 is 0. The number of rotatable bonds is 6. The molecule has 2 unspecified atom stereocenters. The molecule has 1 aromatic carbocycles. The molecule has 3 rings (SSSR count). The van der Waals surface area contributed by atoms with E-state index in [1.807, 2.05) is 18.5 Å². The molecule has 1 N–H and O–H groups in total. The summed E-state index contributed by atoms with van der Waals surface area (Å²) in [6.45, 7) is 8.16. The summed E-state index contributed by atoms with van der Waals surface area (Å²) in [6.07, 6.45) is 1.12. The summed E-state index contributed by atoms with van der Waals surface area (Å²) in [6, 6.07) is 10.9. The van der Waals surface area contributed by atoms with Gasteiger partial charge in [-0.2, -0.15) is 0 Å². The summed E-state index contributed by atoms with van der Waals surface area (Å²) < 4.78 is 7.18. The molecule has 7 nitrogen and oxygen atoms in total. The van der Waals surface area contributed by atoms with Crippen molar-refractivity contribution < 1.29 is 4.74 Å². The summed E-state index contributed by atoms with van der Waals surface area (Å²) in [5.41, 5.74) is 1.44. The summed E-state index contributed by atoms with van der Waals surface area (Å²) in [4.78, 5) is 7.21. The fourth-order valence-electron chi connectivity index (χ4n) is 3.80. The third-order valence-electron chi connectivity index (χ3n) is 5.57. The van der Waals surface area contributed by atoms with Gasteiger partial charge in [0.1, 0.15) is 12.4 Å². The highest BCUT2D eigenvalue weighted by molar-refractivity contribution is 5.80. The van der Waals surface area contributed by atoms with E-state index in [0.29, 0.717) is 25.0 Å². The molecular formula is C21H32N6O. The first kappa shape index (κ1) is 20.3. The first-order valence-corrected chi connectivity index (χ1v) is 10.0. The number of nitrogens with zero attached hydrogens (tertiary/aromatic N) is 5. The molecule has 2 heterocycles. The van der Waals surface area contributed by atoms with Crippen LogP contribution in [0.15, 0.2) is 35.3 Å². The maximum Gasteiger partial charge on any atom is 0.194 e. The second-order valence-corrected chi connectivity index (χ2v) is 7.51. The number of aromatic nitrogens is 3. The molecule has 7 heteroatoms. The Bertz CT molecular complexity index is 772. The minimum Gasteiger partial charge on any atom is -0.383 e. The second-order valence-electron chi connectivity index (χ2n) is 7.51. The lowest BCUT2D eigenvalue weighted by molar-refractivity contribution is 0.199. The van der Waals surface area contributed by atoms with Gasteiger partial charge in [0, 0.05) is 33.8 Å². The molecule has 0 radical (unpaired) electrons. The zero-order valence-corrected chi connectivity index (χ0v) is 17.4. The van der Waals surface area contributed by atoms with Crippen molar-refractivity contribution in [1.29, 1.82) is 0 Å². The monoisotopic (exact) mass is 384 g/mol. The maximum absolute atomic E-state index is 5.20. The molecule has 1 fully saturated rings. The molecule has 1 aromatic heterocycles. The number of piperidine rings is 1. The van der Waals surface area contributed by atoms with Crippen LogP contribution in [0, 0.1) is 12.8 Å². The van der Waals surface area contributed by atoms with Crippen LogP contribution in [-0.4, -0.2) is 59.0 Å². The van der Waals surface area contributed by atoms with Crippen molar-refractivity contribution in [1.82, 2.24) is 25.0 Å². The highest BCUT2D eigenvalue weighted by Crippen LogP contribution is 2.32. The smallest absolute Gasteiger partial charge is 0.194 e. The Labute approximate surface area is 167 Å². The largest absolute Gasteiger partial charge is 0.383 e. The third kappa shape index (κ3) is 4.90. The Hall–Kier alpha value is -2.41. The molecule has 0 aliphatic carbocycles. The maximum atomic E-state index is 5.20. The first-order chi connectivity index (χ1) is 13.6.